The Morgan fingerprint density at radius 2 is 1.65 bits per heavy atom. The molecule has 5 aromatic rings. The molecule has 0 unspecified atom stereocenters. The Morgan fingerprint density at radius 3 is 2.33 bits per heavy atom. The number of nitrogens with two attached hydrogens (primary N) is 1. The van der Waals surface area contributed by atoms with Gasteiger partial charge in [-0.3, -0.25) is 0 Å². The number of nitriles is 1. The van der Waals surface area contributed by atoms with Crippen LogP contribution in [0.4, 0.5) is 14.5 Å². The molecule has 1 aliphatic rings. The third-order valence-corrected chi connectivity index (χ3v) is 9.36. The number of para-hydroxylation sites is 1. The number of aromatic hydroxyl groups is 1. The molecule has 0 bridgehead atoms. The number of anilines is 1. The van der Waals surface area contributed by atoms with Crippen LogP contribution < -0.4 is 10.6 Å². The molecule has 0 spiro atoms. The quantitative estimate of drug-likeness (QED) is 0.267. The van der Waals surface area contributed by atoms with E-state index in [9.17, 15) is 27.6 Å². The number of hydrogen-bond donors (Lipinski definition) is 2. The molecule has 0 atom stereocenters. The molecule has 1 fully saturated rings. The minimum atomic E-state index is -4.01. The van der Waals surface area contributed by atoms with E-state index in [4.69, 9.17) is 5.73 Å². The zero-order chi connectivity index (χ0) is 30.3. The Kier molecular flexibility index (Phi) is 7.33. The maximum absolute atomic E-state index is 14.5. The van der Waals surface area contributed by atoms with Crippen LogP contribution in [0.25, 0.3) is 27.8 Å². The number of sulfone groups is 1. The van der Waals surface area contributed by atoms with Crippen molar-refractivity contribution in [2.45, 2.75) is 29.7 Å². The fraction of sp³-hybridized carbons (Fsp3) is 0.188. The molecule has 0 aliphatic carbocycles. The van der Waals surface area contributed by atoms with E-state index < -0.39 is 21.5 Å². The van der Waals surface area contributed by atoms with Gasteiger partial charge < -0.3 is 15.7 Å². The number of piperidine rings is 1. The number of halogens is 2. The second kappa shape index (κ2) is 11.1. The zero-order valence-electron chi connectivity index (χ0n) is 22.9. The third kappa shape index (κ3) is 5.31. The number of rotatable bonds is 6. The van der Waals surface area contributed by atoms with Crippen LogP contribution in [0.3, 0.4) is 0 Å². The van der Waals surface area contributed by atoms with E-state index in [0.717, 1.165) is 6.07 Å². The number of benzene rings is 3. The first kappa shape index (κ1) is 28.3. The van der Waals surface area contributed by atoms with Crippen molar-refractivity contribution in [3.05, 3.63) is 102 Å². The molecular weight excluding hydrogens is 572 g/mol. The van der Waals surface area contributed by atoms with Crippen molar-refractivity contribution in [2.75, 3.05) is 18.0 Å². The highest BCUT2D eigenvalue weighted by Gasteiger charge is 2.31. The monoisotopic (exact) mass is 599 g/mol. The molecule has 0 amide bonds. The predicted octanol–water partition coefficient (Wildman–Crippen LogP) is 5.43. The summed E-state index contributed by atoms with van der Waals surface area (Å²) in [4.78, 5) is 2.00. The zero-order valence-corrected chi connectivity index (χ0v) is 23.7. The van der Waals surface area contributed by atoms with E-state index in [-0.39, 0.29) is 39.3 Å². The van der Waals surface area contributed by atoms with Gasteiger partial charge >= 0.3 is 0 Å². The lowest BCUT2D eigenvalue weighted by molar-refractivity contribution is 0.475. The number of fused-ring (bicyclic) bond motifs is 1. The van der Waals surface area contributed by atoms with Crippen molar-refractivity contribution >= 4 is 21.0 Å². The summed E-state index contributed by atoms with van der Waals surface area (Å²) in [5.41, 5.74) is 8.70. The van der Waals surface area contributed by atoms with Crippen molar-refractivity contribution in [1.82, 2.24) is 9.61 Å². The average Bonchev–Trinajstić information content (AvgIpc) is 3.38. The van der Waals surface area contributed by atoms with Gasteiger partial charge in [0.2, 0.25) is 0 Å². The Bertz CT molecular complexity index is 1980. The van der Waals surface area contributed by atoms with E-state index in [1.165, 1.54) is 35.0 Å². The summed E-state index contributed by atoms with van der Waals surface area (Å²) in [5.74, 6) is -2.18. The van der Waals surface area contributed by atoms with E-state index in [2.05, 4.69) is 5.10 Å². The molecule has 11 heteroatoms. The number of phenolic OH excluding ortho intramolecular Hbond substituents is 1. The number of hydrogen-bond acceptors (Lipinski definition) is 7. The van der Waals surface area contributed by atoms with Gasteiger partial charge in [0, 0.05) is 41.9 Å². The van der Waals surface area contributed by atoms with Crippen LogP contribution in [-0.2, 0) is 15.6 Å². The first-order valence-electron chi connectivity index (χ1n) is 13.7. The van der Waals surface area contributed by atoms with Gasteiger partial charge in [-0.15, -0.1) is 0 Å². The fourth-order valence-electron chi connectivity index (χ4n) is 5.63. The van der Waals surface area contributed by atoms with E-state index in [1.807, 2.05) is 11.0 Å². The van der Waals surface area contributed by atoms with Crippen LogP contribution in [-0.4, -0.2) is 42.3 Å². The number of nitrogens with zero attached hydrogens (tertiary/aromatic N) is 4. The van der Waals surface area contributed by atoms with Gasteiger partial charge in [0.15, 0.2) is 14.9 Å². The van der Waals surface area contributed by atoms with Crippen molar-refractivity contribution in [2.24, 2.45) is 5.73 Å². The highest BCUT2D eigenvalue weighted by Crippen LogP contribution is 2.45. The molecule has 0 radical (unpaired) electrons. The van der Waals surface area contributed by atoms with Gasteiger partial charge in [-0.2, -0.15) is 10.4 Å². The van der Waals surface area contributed by atoms with Crippen LogP contribution in [0.5, 0.6) is 5.75 Å². The molecule has 3 aromatic carbocycles. The van der Waals surface area contributed by atoms with Crippen LogP contribution in [0.1, 0.15) is 24.0 Å². The topological polar surface area (TPSA) is 125 Å². The molecule has 6 rings (SSSR count). The minimum Gasteiger partial charge on any atom is -0.506 e. The van der Waals surface area contributed by atoms with Gasteiger partial charge in [0.25, 0.3) is 0 Å². The predicted molar refractivity (Wildman–Crippen MR) is 159 cm³/mol. The molecule has 2 aromatic heterocycles. The smallest absolute Gasteiger partial charge is 0.199 e. The molecule has 3 N–H and O–H groups in total. The van der Waals surface area contributed by atoms with Crippen LogP contribution >= 0.6 is 0 Å². The third-order valence-electron chi connectivity index (χ3n) is 7.72. The van der Waals surface area contributed by atoms with Crippen molar-refractivity contribution < 1.29 is 22.3 Å². The molecule has 0 saturated carbocycles. The van der Waals surface area contributed by atoms with Gasteiger partial charge in [0.05, 0.1) is 28.7 Å². The first-order chi connectivity index (χ1) is 20.7. The second-order valence-electron chi connectivity index (χ2n) is 10.6. The summed E-state index contributed by atoms with van der Waals surface area (Å²) in [5, 5.41) is 25.1. The molecular formula is C32H27F2N5O3S. The molecule has 1 aliphatic heterocycles. The number of phenols is 1. The minimum absolute atomic E-state index is 0.00681. The Balaban J connectivity index is 1.70. The normalized spacial score (nSPS) is 14.2. The number of aromatic nitrogens is 2. The standard InChI is InChI=1S/C32H27F2N5O3S/c33-23-13-22(14-24(34)15-23)28-18-37-39-29(43(41,42)19-20-5-2-1-3-6-20)16-27(26-8-4-7-21(17-35)32(26)40)31(39)30(28)38-11-9-25(36)10-12-38/h1-8,13-16,18,25,40H,9-12,19,36H2. The molecule has 43 heavy (non-hydrogen) atoms. The summed E-state index contributed by atoms with van der Waals surface area (Å²) in [6.07, 6.45) is 2.67. The summed E-state index contributed by atoms with van der Waals surface area (Å²) >= 11 is 0. The first-order valence-corrected chi connectivity index (χ1v) is 15.3. The molecule has 3 heterocycles. The lowest BCUT2D eigenvalue weighted by Crippen LogP contribution is -2.40. The van der Waals surface area contributed by atoms with E-state index in [1.54, 1.807) is 42.5 Å². The van der Waals surface area contributed by atoms with Crippen LogP contribution in [0, 0.1) is 23.0 Å². The SMILES string of the molecule is N#Cc1cccc(-c2cc(S(=O)(=O)Cc3ccccc3)n3ncc(-c4cc(F)cc(F)c4)c(N4CCC(N)CC4)c23)c1O. The molecule has 1 saturated heterocycles. The summed E-state index contributed by atoms with van der Waals surface area (Å²) in [6, 6.07) is 19.9. The lowest BCUT2D eigenvalue weighted by atomic mass is 9.97. The maximum atomic E-state index is 14.5. The highest BCUT2D eigenvalue weighted by atomic mass is 32.2. The Morgan fingerprint density at radius 1 is 0.953 bits per heavy atom. The fourth-order valence-corrected chi connectivity index (χ4v) is 7.11. The van der Waals surface area contributed by atoms with Gasteiger partial charge in [-0.05, 0) is 48.2 Å². The van der Waals surface area contributed by atoms with Crippen molar-refractivity contribution in [3.63, 3.8) is 0 Å². The summed E-state index contributed by atoms with van der Waals surface area (Å²) < 4.78 is 58.1. The van der Waals surface area contributed by atoms with Gasteiger partial charge in [-0.25, -0.2) is 21.7 Å². The second-order valence-corrected chi connectivity index (χ2v) is 12.5. The van der Waals surface area contributed by atoms with Crippen LogP contribution in [0.15, 0.2) is 84.0 Å². The summed E-state index contributed by atoms with van der Waals surface area (Å²) in [6.45, 7) is 0.985. The van der Waals surface area contributed by atoms with E-state index in [0.29, 0.717) is 53.8 Å². The lowest BCUT2D eigenvalue weighted by Gasteiger charge is -2.34. The van der Waals surface area contributed by atoms with E-state index >= 15 is 0 Å². The van der Waals surface area contributed by atoms with Crippen molar-refractivity contribution in [1.29, 1.82) is 5.26 Å². The summed E-state index contributed by atoms with van der Waals surface area (Å²) in [7, 11) is -4.01. The van der Waals surface area contributed by atoms with Crippen molar-refractivity contribution in [3.8, 4) is 34.1 Å². The highest BCUT2D eigenvalue weighted by molar-refractivity contribution is 7.90. The largest absolute Gasteiger partial charge is 0.506 e. The average molecular weight is 600 g/mol. The molecule has 8 nitrogen and oxygen atoms in total. The molecule has 218 valence electrons. The Hall–Kier alpha value is -4.79. The van der Waals surface area contributed by atoms with Gasteiger partial charge in [-0.1, -0.05) is 42.5 Å². The maximum Gasteiger partial charge on any atom is 0.199 e. The van der Waals surface area contributed by atoms with Gasteiger partial charge in [0.1, 0.15) is 23.5 Å². The Labute approximate surface area is 247 Å². The van der Waals surface area contributed by atoms with Crippen LogP contribution in [0.2, 0.25) is 0 Å².